The van der Waals surface area contributed by atoms with Crippen LogP contribution in [0.25, 0.3) is 0 Å². The zero-order valence-electron chi connectivity index (χ0n) is 25.9. The highest BCUT2D eigenvalue weighted by Gasteiger charge is 2.40. The van der Waals surface area contributed by atoms with E-state index in [1.807, 2.05) is 18.2 Å². The van der Waals surface area contributed by atoms with Crippen LogP contribution in [0.3, 0.4) is 0 Å². The second kappa shape index (κ2) is 15.0. The summed E-state index contributed by atoms with van der Waals surface area (Å²) in [6.45, 7) is 6.64. The number of carbonyl (C=O) groups excluding carboxylic acids is 2. The van der Waals surface area contributed by atoms with Crippen LogP contribution >= 0.6 is 0 Å². The van der Waals surface area contributed by atoms with Gasteiger partial charge in [-0.2, -0.15) is 0 Å². The molecule has 3 aliphatic rings. The Balaban J connectivity index is 1.18. The van der Waals surface area contributed by atoms with E-state index in [9.17, 15) is 9.59 Å². The summed E-state index contributed by atoms with van der Waals surface area (Å²) in [6, 6.07) is 21.8. The summed E-state index contributed by atoms with van der Waals surface area (Å²) in [5.74, 6) is 1.63. The largest absolute Gasteiger partial charge is 0.343 e. The lowest BCUT2D eigenvalue weighted by atomic mass is 9.88. The smallest absolute Gasteiger partial charge is 0.317 e. The van der Waals surface area contributed by atoms with Gasteiger partial charge in [-0.25, -0.2) is 4.79 Å². The Hall–Kier alpha value is -2.86. The third-order valence-corrected chi connectivity index (χ3v) is 10.2. The second-order valence-electron chi connectivity index (χ2n) is 13.1. The van der Waals surface area contributed by atoms with Crippen molar-refractivity contribution in [2.45, 2.75) is 95.7 Å². The van der Waals surface area contributed by atoms with Gasteiger partial charge in [-0.1, -0.05) is 86.8 Å². The summed E-state index contributed by atoms with van der Waals surface area (Å²) in [5.41, 5.74) is 2.55. The molecule has 1 heterocycles. The fourth-order valence-electron chi connectivity index (χ4n) is 7.85. The molecule has 3 fully saturated rings. The summed E-state index contributed by atoms with van der Waals surface area (Å²) in [4.78, 5) is 33.5. The summed E-state index contributed by atoms with van der Waals surface area (Å²) in [6.07, 6.45) is 11.0. The van der Waals surface area contributed by atoms with E-state index in [1.165, 1.54) is 24.8 Å². The number of nitrogens with one attached hydrogen (secondary N) is 1. The fraction of sp³-hybridized carbons (Fsp3) is 0.611. The predicted molar refractivity (Wildman–Crippen MR) is 170 cm³/mol. The maximum absolute atomic E-state index is 13.4. The maximum atomic E-state index is 13.4. The topological polar surface area (TPSA) is 55.9 Å². The average molecular weight is 573 g/mol. The second-order valence-corrected chi connectivity index (χ2v) is 13.1. The van der Waals surface area contributed by atoms with Crippen LogP contribution in [0, 0.1) is 11.8 Å². The Bertz CT molecular complexity index is 1110. The highest BCUT2D eigenvalue weighted by molar-refractivity contribution is 5.79. The number of urea groups is 1. The molecule has 0 radical (unpaired) electrons. The zero-order valence-corrected chi connectivity index (χ0v) is 25.9. The molecule has 6 nitrogen and oxygen atoms in total. The first-order valence-electron chi connectivity index (χ1n) is 16.7. The van der Waals surface area contributed by atoms with Gasteiger partial charge >= 0.3 is 6.03 Å². The summed E-state index contributed by atoms with van der Waals surface area (Å²) in [5, 5.41) is 3.16. The molecule has 1 aliphatic heterocycles. The molecule has 1 saturated heterocycles. The van der Waals surface area contributed by atoms with Crippen molar-refractivity contribution in [3.8, 4) is 0 Å². The predicted octanol–water partition coefficient (Wildman–Crippen LogP) is 6.67. The third-order valence-electron chi connectivity index (χ3n) is 10.2. The molecule has 3 amide bonds. The molecular weight excluding hydrogens is 520 g/mol. The van der Waals surface area contributed by atoms with Crippen LogP contribution in [0.4, 0.5) is 4.79 Å². The summed E-state index contributed by atoms with van der Waals surface area (Å²) in [7, 11) is 2.07. The molecule has 228 valence electrons. The highest BCUT2D eigenvalue weighted by Crippen LogP contribution is 2.43. The van der Waals surface area contributed by atoms with Gasteiger partial charge in [0.2, 0.25) is 5.91 Å². The van der Waals surface area contributed by atoms with E-state index >= 15 is 0 Å². The van der Waals surface area contributed by atoms with Crippen molar-refractivity contribution in [1.82, 2.24) is 20.0 Å². The van der Waals surface area contributed by atoms with Crippen molar-refractivity contribution >= 4 is 11.9 Å². The van der Waals surface area contributed by atoms with E-state index in [2.05, 4.69) is 76.5 Å². The Kier molecular flexibility index (Phi) is 11.0. The van der Waals surface area contributed by atoms with Crippen molar-refractivity contribution in [2.24, 2.45) is 11.8 Å². The molecular formula is C36H52N4O2. The highest BCUT2D eigenvalue weighted by atomic mass is 16.2. The lowest BCUT2D eigenvalue weighted by molar-refractivity contribution is -0.137. The SMILES string of the molecule is CCCN(C(=O)NCc1ccccc1)C1CCN(CC2CC(N(C)C(=O)C3CCCCC3)CC2c2ccccc2)CC1. The van der Waals surface area contributed by atoms with Crippen molar-refractivity contribution < 1.29 is 9.59 Å². The fourth-order valence-corrected chi connectivity index (χ4v) is 7.85. The van der Waals surface area contributed by atoms with Crippen LogP contribution < -0.4 is 5.32 Å². The number of rotatable bonds is 10. The molecule has 1 N–H and O–H groups in total. The lowest BCUT2D eigenvalue weighted by Crippen LogP contribution is -2.51. The van der Waals surface area contributed by atoms with Crippen LogP contribution in [0.1, 0.15) is 88.2 Å². The van der Waals surface area contributed by atoms with Gasteiger partial charge in [-0.15, -0.1) is 0 Å². The minimum atomic E-state index is 0.0626. The van der Waals surface area contributed by atoms with Gasteiger partial charge in [-0.3, -0.25) is 4.79 Å². The van der Waals surface area contributed by atoms with Gasteiger partial charge in [-0.05, 0) is 67.9 Å². The van der Waals surface area contributed by atoms with E-state index in [-0.39, 0.29) is 18.0 Å². The van der Waals surface area contributed by atoms with E-state index in [0.717, 1.165) is 76.7 Å². The normalized spacial score (nSPS) is 23.9. The monoisotopic (exact) mass is 572 g/mol. The van der Waals surface area contributed by atoms with E-state index in [0.29, 0.717) is 30.3 Å². The van der Waals surface area contributed by atoms with Gasteiger partial charge in [0.1, 0.15) is 0 Å². The van der Waals surface area contributed by atoms with Crippen LogP contribution in [-0.2, 0) is 11.3 Å². The van der Waals surface area contributed by atoms with Gasteiger partial charge in [0.15, 0.2) is 0 Å². The molecule has 3 atom stereocenters. The average Bonchev–Trinajstić information content (AvgIpc) is 3.47. The Morgan fingerprint density at radius 2 is 1.52 bits per heavy atom. The first kappa shape index (κ1) is 30.6. The van der Waals surface area contributed by atoms with Crippen LogP contribution in [0.15, 0.2) is 60.7 Å². The number of carbonyl (C=O) groups is 2. The van der Waals surface area contributed by atoms with E-state index < -0.39 is 0 Å². The molecule has 2 aromatic rings. The molecule has 0 aromatic heterocycles. The summed E-state index contributed by atoms with van der Waals surface area (Å²) >= 11 is 0. The zero-order chi connectivity index (χ0) is 29.3. The lowest BCUT2D eigenvalue weighted by Gasteiger charge is -2.40. The van der Waals surface area contributed by atoms with Gasteiger partial charge in [0.25, 0.3) is 0 Å². The number of hydrogen-bond acceptors (Lipinski definition) is 3. The number of amides is 3. The van der Waals surface area contributed by atoms with Crippen molar-refractivity contribution in [1.29, 1.82) is 0 Å². The molecule has 3 unspecified atom stereocenters. The Morgan fingerprint density at radius 3 is 2.19 bits per heavy atom. The van der Waals surface area contributed by atoms with Crippen molar-refractivity contribution in [2.75, 3.05) is 33.2 Å². The van der Waals surface area contributed by atoms with Gasteiger partial charge in [0.05, 0.1) is 0 Å². The molecule has 0 bridgehead atoms. The first-order chi connectivity index (χ1) is 20.5. The number of hydrogen-bond donors (Lipinski definition) is 1. The molecule has 42 heavy (non-hydrogen) atoms. The van der Waals surface area contributed by atoms with Crippen LogP contribution in [0.2, 0.25) is 0 Å². The minimum absolute atomic E-state index is 0.0626. The molecule has 5 rings (SSSR count). The standard InChI is InChI=1S/C36H52N4O2/c1-3-21-40(36(42)37-26-28-13-7-4-8-14-28)32-19-22-39(23-20-32)27-31-24-33(25-34(31)29-15-9-5-10-16-29)38(2)35(41)30-17-11-6-12-18-30/h4-5,7-10,13-16,30-34H,3,6,11-12,17-27H2,1-2H3,(H,37,42). The third kappa shape index (κ3) is 7.75. The number of likely N-dealkylation sites (tertiary alicyclic amines) is 1. The van der Waals surface area contributed by atoms with Crippen molar-refractivity contribution in [3.63, 3.8) is 0 Å². The van der Waals surface area contributed by atoms with Crippen LogP contribution in [-0.4, -0.2) is 71.9 Å². The Morgan fingerprint density at radius 1 is 0.857 bits per heavy atom. The molecule has 2 aliphatic carbocycles. The number of benzene rings is 2. The molecule has 2 saturated carbocycles. The molecule has 6 heteroatoms. The van der Waals surface area contributed by atoms with Gasteiger partial charge in [0, 0.05) is 57.8 Å². The maximum Gasteiger partial charge on any atom is 0.317 e. The first-order valence-corrected chi connectivity index (χ1v) is 16.7. The van der Waals surface area contributed by atoms with Crippen molar-refractivity contribution in [3.05, 3.63) is 71.8 Å². The quantitative estimate of drug-likeness (QED) is 0.346. The number of nitrogens with zero attached hydrogens (tertiary/aromatic N) is 3. The summed E-state index contributed by atoms with van der Waals surface area (Å²) < 4.78 is 0. The van der Waals surface area contributed by atoms with Crippen LogP contribution in [0.5, 0.6) is 0 Å². The molecule has 2 aromatic carbocycles. The van der Waals surface area contributed by atoms with Gasteiger partial charge < -0.3 is 20.0 Å². The minimum Gasteiger partial charge on any atom is -0.343 e. The van der Waals surface area contributed by atoms with E-state index in [1.54, 1.807) is 0 Å². The Labute approximate surface area is 253 Å². The number of piperidine rings is 1. The van der Waals surface area contributed by atoms with E-state index in [4.69, 9.17) is 0 Å². The molecule has 0 spiro atoms.